The second-order valence-corrected chi connectivity index (χ2v) is 9.54. The first-order valence-electron chi connectivity index (χ1n) is 15.2. The van der Waals surface area contributed by atoms with Crippen LogP contribution in [-0.2, 0) is 0 Å². The number of fused-ring (bicyclic) bond motifs is 6. The van der Waals surface area contributed by atoms with Crippen LogP contribution in [0.15, 0.2) is 136 Å². The Bertz CT molecular complexity index is 2450. The minimum absolute atomic E-state index is 0.160. The van der Waals surface area contributed by atoms with Crippen molar-refractivity contribution in [1.82, 2.24) is 0 Å². The molecule has 0 fully saturated rings. The van der Waals surface area contributed by atoms with Gasteiger partial charge in [0.15, 0.2) is 5.58 Å². The second kappa shape index (κ2) is 8.37. The van der Waals surface area contributed by atoms with E-state index < -0.39 is 6.04 Å². The third kappa shape index (κ3) is 3.30. The fourth-order valence-corrected chi connectivity index (χ4v) is 5.65. The van der Waals surface area contributed by atoms with Crippen LogP contribution in [0, 0.1) is 0 Å². The summed E-state index contributed by atoms with van der Waals surface area (Å²) in [7, 11) is 0. The Hall–Kier alpha value is -5.28. The first-order valence-corrected chi connectivity index (χ1v) is 12.7. The highest BCUT2D eigenvalue weighted by atomic mass is 16.3. The normalized spacial score (nSPS) is 13.5. The van der Waals surface area contributed by atoms with Crippen molar-refractivity contribution in [3.63, 3.8) is 0 Å². The third-order valence-corrected chi connectivity index (χ3v) is 7.33. The highest BCUT2D eigenvalue weighted by molar-refractivity contribution is 6.22. The molecule has 0 spiro atoms. The Morgan fingerprint density at radius 3 is 2.21 bits per heavy atom. The van der Waals surface area contributed by atoms with E-state index in [1.807, 2.05) is 84.9 Å². The minimum atomic E-state index is -0.416. The molecular weight excluding hydrogens is 478 g/mol. The van der Waals surface area contributed by atoms with Gasteiger partial charge in [-0.15, -0.1) is 0 Å². The minimum Gasteiger partial charge on any atom is -0.456 e. The monoisotopic (exact) mass is 506 g/mol. The molecule has 0 aliphatic rings. The van der Waals surface area contributed by atoms with Gasteiger partial charge < -0.3 is 14.6 Å². The number of nitrogen functional groups attached to an aromatic ring is 1. The molecule has 6 aromatic carbocycles. The summed E-state index contributed by atoms with van der Waals surface area (Å²) in [5.74, 6) is 0. The molecule has 0 saturated heterocycles. The largest absolute Gasteiger partial charge is 0.456 e. The Morgan fingerprint density at radius 1 is 0.538 bits per heavy atom. The summed E-state index contributed by atoms with van der Waals surface area (Å²) in [6.45, 7) is 0. The van der Waals surface area contributed by atoms with E-state index in [4.69, 9.17) is 21.4 Å². The molecule has 39 heavy (non-hydrogen) atoms. The van der Waals surface area contributed by atoms with Crippen LogP contribution >= 0.6 is 0 Å². The molecule has 2 heterocycles. The van der Waals surface area contributed by atoms with Gasteiger partial charge in [0.2, 0.25) is 0 Å². The molecule has 184 valence electrons. The van der Waals surface area contributed by atoms with Crippen LogP contribution in [0.4, 0.5) is 5.69 Å². The SMILES string of the molecule is [2H]c1c([2H])c([2H])c(-c2cccc(-c3ccc4oc5ccccc5c4c3-c3cccc4oc5c(N)cccc5c34)c2)c([2H])c1[2H]. The van der Waals surface area contributed by atoms with E-state index in [1.165, 1.54) is 0 Å². The van der Waals surface area contributed by atoms with Gasteiger partial charge in [0.1, 0.15) is 16.7 Å². The van der Waals surface area contributed by atoms with E-state index >= 15 is 0 Å². The number of furan rings is 2. The second-order valence-electron chi connectivity index (χ2n) is 9.54. The van der Waals surface area contributed by atoms with Gasteiger partial charge in [0.25, 0.3) is 0 Å². The van der Waals surface area contributed by atoms with Crippen molar-refractivity contribution in [3.05, 3.63) is 127 Å². The lowest BCUT2D eigenvalue weighted by Gasteiger charge is -2.14. The Labute approximate surface area is 231 Å². The van der Waals surface area contributed by atoms with Gasteiger partial charge in [-0.25, -0.2) is 0 Å². The first-order chi connectivity index (χ1) is 21.3. The van der Waals surface area contributed by atoms with Crippen LogP contribution in [0.3, 0.4) is 0 Å². The van der Waals surface area contributed by atoms with Crippen molar-refractivity contribution in [2.75, 3.05) is 5.73 Å². The molecule has 0 radical (unpaired) electrons. The molecule has 2 aromatic heterocycles. The van der Waals surface area contributed by atoms with Crippen molar-refractivity contribution in [2.45, 2.75) is 0 Å². The molecule has 3 nitrogen and oxygen atoms in total. The van der Waals surface area contributed by atoms with Crippen LogP contribution in [0.25, 0.3) is 77.3 Å². The van der Waals surface area contributed by atoms with Gasteiger partial charge in [0.05, 0.1) is 12.5 Å². The number of para-hydroxylation sites is 2. The molecular formula is C36H23NO2. The van der Waals surface area contributed by atoms with E-state index in [-0.39, 0.29) is 29.7 Å². The number of hydrogen-bond acceptors (Lipinski definition) is 3. The molecule has 0 atom stereocenters. The van der Waals surface area contributed by atoms with Crippen molar-refractivity contribution < 1.29 is 15.7 Å². The van der Waals surface area contributed by atoms with Gasteiger partial charge in [-0.05, 0) is 58.1 Å². The van der Waals surface area contributed by atoms with Gasteiger partial charge in [-0.1, -0.05) is 96.9 Å². The molecule has 0 saturated carbocycles. The Balaban J connectivity index is 1.49. The van der Waals surface area contributed by atoms with Crippen molar-refractivity contribution >= 4 is 49.6 Å². The topological polar surface area (TPSA) is 52.3 Å². The van der Waals surface area contributed by atoms with Gasteiger partial charge in [0, 0.05) is 27.1 Å². The summed E-state index contributed by atoms with van der Waals surface area (Å²) in [5.41, 5.74) is 14.0. The number of anilines is 1. The quantitative estimate of drug-likeness (QED) is 0.243. The zero-order valence-electron chi connectivity index (χ0n) is 25.6. The summed E-state index contributed by atoms with van der Waals surface area (Å²) in [4.78, 5) is 0. The highest BCUT2D eigenvalue weighted by Crippen LogP contribution is 2.47. The number of benzene rings is 6. The summed E-state index contributed by atoms with van der Waals surface area (Å²) < 4.78 is 54.1. The highest BCUT2D eigenvalue weighted by Gasteiger charge is 2.22. The van der Waals surface area contributed by atoms with E-state index in [0.717, 1.165) is 55.0 Å². The molecule has 0 amide bonds. The molecule has 2 N–H and O–H groups in total. The molecule has 3 heteroatoms. The molecule has 0 aliphatic carbocycles. The average molecular weight is 507 g/mol. The molecule has 0 bridgehead atoms. The molecule has 8 aromatic rings. The average Bonchev–Trinajstić information content (AvgIpc) is 3.62. The van der Waals surface area contributed by atoms with Crippen LogP contribution < -0.4 is 5.73 Å². The summed E-state index contributed by atoms with van der Waals surface area (Å²) >= 11 is 0. The number of hydrogen-bond donors (Lipinski definition) is 1. The summed E-state index contributed by atoms with van der Waals surface area (Å²) in [5, 5.41) is 3.73. The van der Waals surface area contributed by atoms with Crippen molar-refractivity contribution in [1.29, 1.82) is 0 Å². The maximum Gasteiger partial charge on any atom is 0.158 e. The lowest BCUT2D eigenvalue weighted by atomic mass is 9.87. The van der Waals surface area contributed by atoms with Gasteiger partial charge >= 0.3 is 0 Å². The van der Waals surface area contributed by atoms with Gasteiger partial charge in [-0.2, -0.15) is 0 Å². The van der Waals surface area contributed by atoms with Crippen LogP contribution in [0.5, 0.6) is 0 Å². The predicted molar refractivity (Wildman–Crippen MR) is 162 cm³/mol. The van der Waals surface area contributed by atoms with Gasteiger partial charge in [-0.3, -0.25) is 0 Å². The summed E-state index contributed by atoms with van der Waals surface area (Å²) in [6, 6.07) is 29.5. The van der Waals surface area contributed by atoms with E-state index in [9.17, 15) is 0 Å². The summed E-state index contributed by atoms with van der Waals surface area (Å²) in [6.07, 6.45) is 0. The lowest BCUT2D eigenvalue weighted by Crippen LogP contribution is -1.89. The fraction of sp³-hybridized carbons (Fsp3) is 0. The van der Waals surface area contributed by atoms with Crippen LogP contribution in [0.2, 0.25) is 0 Å². The van der Waals surface area contributed by atoms with E-state index in [1.54, 1.807) is 6.07 Å². The zero-order chi connectivity index (χ0) is 30.3. The lowest BCUT2D eigenvalue weighted by molar-refractivity contribution is 0.669. The third-order valence-electron chi connectivity index (χ3n) is 7.33. The Kier molecular flexibility index (Phi) is 3.71. The first kappa shape index (κ1) is 17.3. The maximum absolute atomic E-state index is 8.56. The molecule has 0 unspecified atom stereocenters. The number of nitrogens with two attached hydrogens (primary N) is 1. The Morgan fingerprint density at radius 2 is 1.28 bits per heavy atom. The molecule has 0 aliphatic heterocycles. The smallest absolute Gasteiger partial charge is 0.158 e. The van der Waals surface area contributed by atoms with E-state index in [2.05, 4.69) is 6.07 Å². The maximum atomic E-state index is 8.56. The van der Waals surface area contributed by atoms with Crippen molar-refractivity contribution in [2.24, 2.45) is 0 Å². The van der Waals surface area contributed by atoms with Crippen molar-refractivity contribution in [3.8, 4) is 33.4 Å². The van der Waals surface area contributed by atoms with Crippen LogP contribution in [-0.4, -0.2) is 0 Å². The molecule has 8 rings (SSSR count). The predicted octanol–water partition coefficient (Wildman–Crippen LogP) is 10.1. The zero-order valence-corrected chi connectivity index (χ0v) is 20.6. The van der Waals surface area contributed by atoms with Crippen LogP contribution in [0.1, 0.15) is 6.85 Å². The standard InChI is InChI=1S/C36H23NO2/c37-29-16-7-15-28-33-27(14-8-18-31(33)39-36(28)29)34-25(19-20-32-35(34)26-13-4-5-17-30(26)38-32)24-12-6-11-23(21-24)22-9-2-1-3-10-22/h1-21H,37H2/i1D,2D,3D,9D,10D. The van der Waals surface area contributed by atoms with E-state index in [0.29, 0.717) is 22.4 Å². The fourth-order valence-electron chi connectivity index (χ4n) is 5.65. The number of rotatable bonds is 3.